The van der Waals surface area contributed by atoms with Crippen LogP contribution in [0.3, 0.4) is 0 Å². The zero-order valence-corrected chi connectivity index (χ0v) is 25.0. The third-order valence-electron chi connectivity index (χ3n) is 8.58. The molecule has 7 aromatic rings. The van der Waals surface area contributed by atoms with E-state index in [0.29, 0.717) is 0 Å². The fraction of sp³-hybridized carbons (Fsp3) is 0. The molecule has 1 aromatic heterocycles. The normalized spacial score (nSPS) is 15.2. The highest BCUT2D eigenvalue weighted by atomic mass is 32.2. The number of benzene rings is 6. The summed E-state index contributed by atoms with van der Waals surface area (Å²) in [7, 11) is -0.0653. The van der Waals surface area contributed by atoms with Gasteiger partial charge in [-0.05, 0) is 68.6 Å². The highest BCUT2D eigenvalue weighted by molar-refractivity contribution is 8.20. The van der Waals surface area contributed by atoms with E-state index in [4.69, 9.17) is 0 Å². The van der Waals surface area contributed by atoms with Crippen LogP contribution in [0.5, 0.6) is 0 Å². The van der Waals surface area contributed by atoms with Gasteiger partial charge in [0.25, 0.3) is 0 Å². The van der Waals surface area contributed by atoms with Gasteiger partial charge in [-0.1, -0.05) is 127 Å². The third-order valence-corrected chi connectivity index (χ3v) is 11.8. The van der Waals surface area contributed by atoms with Gasteiger partial charge in [-0.25, -0.2) is 0 Å². The lowest BCUT2D eigenvalue weighted by Crippen LogP contribution is -2.15. The molecule has 0 saturated carbocycles. The predicted octanol–water partition coefficient (Wildman–Crippen LogP) is 11.8. The third kappa shape index (κ3) is 3.88. The Hall–Kier alpha value is -4.76. The van der Waals surface area contributed by atoms with Crippen LogP contribution in [0.4, 0.5) is 0 Å². The second kappa shape index (κ2) is 9.91. The molecule has 0 radical (unpaired) electrons. The number of fused-ring (bicyclic) bond motifs is 7. The monoisotopic (exact) mass is 582 g/mol. The van der Waals surface area contributed by atoms with Crippen molar-refractivity contribution >= 4 is 52.4 Å². The number of hydrogen-bond acceptors (Lipinski definition) is 1. The molecular formula is C41H26S2. The number of rotatable bonds is 4. The average Bonchev–Trinajstić information content (AvgIpc) is 3.45. The Morgan fingerprint density at radius 2 is 1.07 bits per heavy atom. The van der Waals surface area contributed by atoms with Gasteiger partial charge in [0.1, 0.15) is 0 Å². The van der Waals surface area contributed by atoms with Gasteiger partial charge in [-0.3, -0.25) is 0 Å². The van der Waals surface area contributed by atoms with Gasteiger partial charge in [-0.15, -0.1) is 21.8 Å². The first-order valence-electron chi connectivity index (χ1n) is 14.6. The first kappa shape index (κ1) is 24.8. The standard InChI is InChI=1S/C41H26S2/c1-5-13-27(14-6-1)31-21-22-34-33(25-31)38-36(29-17-9-3-10-18-29)37(30-19-11-4-12-20-30)41-39(40(38)42-34)35-26-32(23-24-43(35)41)28-15-7-2-8-16-28/h1-26H. The van der Waals surface area contributed by atoms with Crippen molar-refractivity contribution in [2.45, 2.75) is 4.90 Å². The van der Waals surface area contributed by atoms with Crippen LogP contribution in [0.2, 0.25) is 0 Å². The summed E-state index contributed by atoms with van der Waals surface area (Å²) < 4.78 is 2.75. The lowest BCUT2D eigenvalue weighted by Gasteiger charge is -2.33. The van der Waals surface area contributed by atoms with Crippen molar-refractivity contribution in [2.24, 2.45) is 0 Å². The number of thiophene rings is 1. The molecule has 1 atom stereocenters. The van der Waals surface area contributed by atoms with E-state index in [-0.39, 0.29) is 10.5 Å². The van der Waals surface area contributed by atoms with Gasteiger partial charge in [0.2, 0.25) is 0 Å². The topological polar surface area (TPSA) is 0 Å². The SMILES string of the molecule is C1=CS2=C(C=C1c1ccccc1)c1c2c(-c2ccccc2)c(-c2ccccc2)c2c1sc1ccc(-c3ccccc3)cc12. The Labute approximate surface area is 257 Å². The van der Waals surface area contributed by atoms with E-state index in [2.05, 4.69) is 157 Å². The van der Waals surface area contributed by atoms with Crippen molar-refractivity contribution in [2.75, 3.05) is 0 Å². The summed E-state index contributed by atoms with van der Waals surface area (Å²) in [6.07, 6.45) is 4.79. The summed E-state index contributed by atoms with van der Waals surface area (Å²) in [6, 6.07) is 50.7. The molecule has 0 bridgehead atoms. The molecule has 0 amide bonds. The van der Waals surface area contributed by atoms with Crippen LogP contribution in [0.25, 0.3) is 59.1 Å². The molecular weight excluding hydrogens is 557 g/mol. The minimum Gasteiger partial charge on any atom is -0.134 e. The summed E-state index contributed by atoms with van der Waals surface area (Å²) >= 11 is 1.95. The van der Waals surface area contributed by atoms with Crippen LogP contribution in [-0.4, -0.2) is 4.86 Å². The molecule has 0 fully saturated rings. The molecule has 3 heterocycles. The zero-order valence-electron chi connectivity index (χ0n) is 23.3. The smallest absolute Gasteiger partial charge is 0.0456 e. The highest BCUT2D eigenvalue weighted by Gasteiger charge is 2.34. The van der Waals surface area contributed by atoms with Crippen LogP contribution in [0, 0.1) is 0 Å². The quantitative estimate of drug-likeness (QED) is 0.181. The lowest BCUT2D eigenvalue weighted by molar-refractivity contribution is 1.44. The summed E-state index contributed by atoms with van der Waals surface area (Å²) in [6.45, 7) is 0. The first-order valence-corrected chi connectivity index (χ1v) is 16.7. The Bertz CT molecular complexity index is 2290. The minimum absolute atomic E-state index is 0.0653. The number of allylic oxidation sites excluding steroid dienone is 3. The molecule has 202 valence electrons. The van der Waals surface area contributed by atoms with Crippen molar-refractivity contribution < 1.29 is 0 Å². The van der Waals surface area contributed by atoms with Gasteiger partial charge < -0.3 is 0 Å². The Morgan fingerprint density at radius 3 is 1.72 bits per heavy atom. The van der Waals surface area contributed by atoms with E-state index in [1.54, 1.807) is 0 Å². The molecule has 6 aromatic carbocycles. The van der Waals surface area contributed by atoms with Crippen molar-refractivity contribution in [1.82, 2.24) is 0 Å². The maximum absolute atomic E-state index is 2.46. The van der Waals surface area contributed by atoms with E-state index in [9.17, 15) is 0 Å². The number of hydrogen-bond donors (Lipinski definition) is 0. The predicted molar refractivity (Wildman–Crippen MR) is 189 cm³/mol. The van der Waals surface area contributed by atoms with Crippen molar-refractivity contribution in [3.8, 4) is 33.4 Å². The fourth-order valence-corrected chi connectivity index (χ4v) is 10.2. The fourth-order valence-electron chi connectivity index (χ4n) is 6.61. The maximum Gasteiger partial charge on any atom is 0.0456 e. The molecule has 2 aliphatic heterocycles. The van der Waals surface area contributed by atoms with Crippen molar-refractivity contribution in [1.29, 1.82) is 0 Å². The van der Waals surface area contributed by atoms with Crippen LogP contribution in [-0.2, 0) is 0 Å². The van der Waals surface area contributed by atoms with E-state index in [0.717, 1.165) is 0 Å². The summed E-state index contributed by atoms with van der Waals surface area (Å²) in [5.41, 5.74) is 11.8. The summed E-state index contributed by atoms with van der Waals surface area (Å²) in [5.74, 6) is 0. The average molecular weight is 583 g/mol. The van der Waals surface area contributed by atoms with Crippen molar-refractivity contribution in [3.05, 3.63) is 168 Å². The van der Waals surface area contributed by atoms with Crippen LogP contribution in [0.15, 0.2) is 162 Å². The molecule has 43 heavy (non-hydrogen) atoms. The molecule has 1 unspecified atom stereocenters. The molecule has 9 rings (SSSR count). The van der Waals surface area contributed by atoms with Crippen molar-refractivity contribution in [3.63, 3.8) is 0 Å². The molecule has 0 N–H and O–H groups in total. The second-order valence-electron chi connectivity index (χ2n) is 11.0. The molecule has 0 spiro atoms. The van der Waals surface area contributed by atoms with E-state index in [1.165, 1.54) is 80.0 Å². The van der Waals surface area contributed by atoms with Crippen LogP contribution >= 0.6 is 21.8 Å². The molecule has 0 aliphatic carbocycles. The maximum atomic E-state index is 2.46. The molecule has 0 nitrogen and oxygen atoms in total. The van der Waals surface area contributed by atoms with E-state index < -0.39 is 0 Å². The largest absolute Gasteiger partial charge is 0.134 e. The van der Waals surface area contributed by atoms with Gasteiger partial charge >= 0.3 is 0 Å². The zero-order chi connectivity index (χ0) is 28.3. The second-order valence-corrected chi connectivity index (χ2v) is 13.9. The highest BCUT2D eigenvalue weighted by Crippen LogP contribution is 2.60. The van der Waals surface area contributed by atoms with Crippen LogP contribution in [0.1, 0.15) is 11.1 Å². The first-order chi connectivity index (χ1) is 21.3. The van der Waals surface area contributed by atoms with Crippen LogP contribution < -0.4 is 0 Å². The van der Waals surface area contributed by atoms with Gasteiger partial charge in [0, 0.05) is 41.1 Å². The lowest BCUT2D eigenvalue weighted by atomic mass is 9.87. The Balaban J connectivity index is 1.41. The summed E-state index contributed by atoms with van der Waals surface area (Å²) in [4.78, 5) is 2.95. The van der Waals surface area contributed by atoms with E-state index >= 15 is 0 Å². The molecule has 2 aliphatic rings. The van der Waals surface area contributed by atoms with Gasteiger partial charge in [0.05, 0.1) is 0 Å². The molecule has 0 saturated heterocycles. The Morgan fingerprint density at radius 1 is 0.488 bits per heavy atom. The van der Waals surface area contributed by atoms with Gasteiger partial charge in [0.15, 0.2) is 0 Å². The molecule has 2 heteroatoms. The van der Waals surface area contributed by atoms with E-state index in [1.807, 2.05) is 11.3 Å². The van der Waals surface area contributed by atoms with Gasteiger partial charge in [-0.2, -0.15) is 0 Å². The minimum atomic E-state index is -0.0653. The summed E-state index contributed by atoms with van der Waals surface area (Å²) in [5, 5.41) is 5.17. The Kier molecular flexibility index (Phi) is 5.72.